The van der Waals surface area contributed by atoms with E-state index in [4.69, 9.17) is 9.47 Å². The van der Waals surface area contributed by atoms with Gasteiger partial charge in [-0.15, -0.1) is 0 Å². The normalized spacial score (nSPS) is 26.7. The first kappa shape index (κ1) is 23.2. The van der Waals surface area contributed by atoms with Gasteiger partial charge in [-0.25, -0.2) is 4.79 Å². The summed E-state index contributed by atoms with van der Waals surface area (Å²) in [6, 6.07) is 11.0. The van der Waals surface area contributed by atoms with Crippen LogP contribution in [0.25, 0.3) is 11.1 Å². The lowest BCUT2D eigenvalue weighted by Gasteiger charge is -2.44. The Balaban J connectivity index is 1.34. The third-order valence-corrected chi connectivity index (χ3v) is 8.08. The summed E-state index contributed by atoms with van der Waals surface area (Å²) < 4.78 is 11.8. The van der Waals surface area contributed by atoms with Crippen LogP contribution in [0.1, 0.15) is 61.9 Å². The number of amides is 1. The minimum Gasteiger partial charge on any atom is -0.493 e. The van der Waals surface area contributed by atoms with Crippen LogP contribution >= 0.6 is 0 Å². The molecule has 3 saturated heterocycles. The molecule has 0 aromatic heterocycles. The standard InChI is InChI=1S/C29H38N2O3/c1-6-33-26-18(2)13-22(14-19(26)3)21-7-8-24-23(15-21)16-29(4,5)27(24)30-28(32)34-25-17-31-11-9-20(25)10-12-31/h7-8,13-15,20,25,27H,6,9-12,16-17H2,1-5H3,(H,30,32)/t25-,27+/m1/s1. The molecule has 0 saturated carbocycles. The predicted octanol–water partition coefficient (Wildman–Crippen LogP) is 5.81. The Bertz CT molecular complexity index is 1060. The van der Waals surface area contributed by atoms with Crippen LogP contribution in [-0.4, -0.2) is 43.3 Å². The number of hydrogen-bond donors (Lipinski definition) is 1. The predicted molar refractivity (Wildman–Crippen MR) is 135 cm³/mol. The van der Waals surface area contributed by atoms with E-state index in [1.165, 1.54) is 22.3 Å². The molecule has 5 nitrogen and oxygen atoms in total. The van der Waals surface area contributed by atoms with Crippen molar-refractivity contribution in [2.45, 2.75) is 66.0 Å². The number of benzene rings is 2. The van der Waals surface area contributed by atoms with Crippen LogP contribution in [0.15, 0.2) is 30.3 Å². The Morgan fingerprint density at radius 1 is 1.09 bits per heavy atom. The highest BCUT2D eigenvalue weighted by Gasteiger charge is 2.42. The second-order valence-electron chi connectivity index (χ2n) is 11.1. The fourth-order valence-electron chi connectivity index (χ4n) is 6.33. The Kier molecular flexibility index (Phi) is 6.09. The van der Waals surface area contributed by atoms with Gasteiger partial charge in [0.25, 0.3) is 0 Å². The molecule has 2 aromatic rings. The molecule has 182 valence electrons. The van der Waals surface area contributed by atoms with Crippen molar-refractivity contribution < 1.29 is 14.3 Å². The molecular weight excluding hydrogens is 424 g/mol. The molecule has 34 heavy (non-hydrogen) atoms. The van der Waals surface area contributed by atoms with E-state index in [1.54, 1.807) is 0 Å². The minimum absolute atomic E-state index is 0.0278. The van der Waals surface area contributed by atoms with E-state index in [1.807, 2.05) is 6.92 Å². The van der Waals surface area contributed by atoms with E-state index in [-0.39, 0.29) is 23.7 Å². The number of piperidine rings is 3. The molecule has 1 N–H and O–H groups in total. The minimum atomic E-state index is -0.272. The van der Waals surface area contributed by atoms with Crippen molar-refractivity contribution >= 4 is 6.09 Å². The Labute approximate surface area is 203 Å². The molecule has 2 aromatic carbocycles. The molecule has 2 bridgehead atoms. The molecule has 3 fully saturated rings. The number of alkyl carbamates (subject to hydrolysis) is 1. The molecule has 0 spiro atoms. The van der Waals surface area contributed by atoms with Gasteiger partial charge in [0.05, 0.1) is 12.6 Å². The summed E-state index contributed by atoms with van der Waals surface area (Å²) in [7, 11) is 0. The first-order valence-electron chi connectivity index (χ1n) is 12.8. The molecule has 6 rings (SSSR count). The lowest BCUT2D eigenvalue weighted by Crippen LogP contribution is -2.53. The molecule has 1 aliphatic carbocycles. The molecular formula is C29H38N2O3. The highest BCUT2D eigenvalue weighted by molar-refractivity contribution is 5.71. The Morgan fingerprint density at radius 2 is 1.79 bits per heavy atom. The van der Waals surface area contributed by atoms with Gasteiger partial charge in [0.15, 0.2) is 0 Å². The van der Waals surface area contributed by atoms with Crippen LogP contribution in [0.3, 0.4) is 0 Å². The van der Waals surface area contributed by atoms with Crippen molar-refractivity contribution in [3.8, 4) is 16.9 Å². The summed E-state index contributed by atoms with van der Waals surface area (Å²) in [5.41, 5.74) is 7.18. The van der Waals surface area contributed by atoms with Crippen molar-refractivity contribution in [3.63, 3.8) is 0 Å². The van der Waals surface area contributed by atoms with Crippen molar-refractivity contribution in [1.29, 1.82) is 0 Å². The van der Waals surface area contributed by atoms with Crippen LogP contribution in [0.4, 0.5) is 4.79 Å². The van der Waals surface area contributed by atoms with Gasteiger partial charge in [-0.1, -0.05) is 32.0 Å². The number of rotatable bonds is 5. The summed E-state index contributed by atoms with van der Waals surface area (Å²) in [6.45, 7) is 14.5. The van der Waals surface area contributed by atoms with Gasteiger partial charge in [0, 0.05) is 6.54 Å². The number of ether oxygens (including phenoxy) is 2. The van der Waals surface area contributed by atoms with E-state index < -0.39 is 0 Å². The van der Waals surface area contributed by atoms with Crippen molar-refractivity contribution in [2.75, 3.05) is 26.2 Å². The maximum Gasteiger partial charge on any atom is 0.407 e. The number of nitrogens with zero attached hydrogens (tertiary/aromatic N) is 1. The van der Waals surface area contributed by atoms with Crippen molar-refractivity contribution in [1.82, 2.24) is 10.2 Å². The first-order chi connectivity index (χ1) is 16.2. The number of hydrogen-bond acceptors (Lipinski definition) is 4. The average molecular weight is 463 g/mol. The van der Waals surface area contributed by atoms with Gasteiger partial charge < -0.3 is 14.8 Å². The summed E-state index contributed by atoms with van der Waals surface area (Å²) >= 11 is 0. The summed E-state index contributed by atoms with van der Waals surface area (Å²) in [6.07, 6.45) is 2.97. The second kappa shape index (κ2) is 8.92. The molecule has 2 atom stereocenters. The number of fused-ring (bicyclic) bond motifs is 4. The monoisotopic (exact) mass is 462 g/mol. The SMILES string of the molecule is CCOc1c(C)cc(-c2ccc3c(c2)CC(C)(C)[C@H]3NC(=O)O[C@@H]2CN3CCC2CC3)cc1C. The largest absolute Gasteiger partial charge is 0.493 e. The molecule has 1 amide bonds. The number of nitrogens with one attached hydrogen (secondary N) is 1. The van der Waals surface area contributed by atoms with Crippen LogP contribution in [0.5, 0.6) is 5.75 Å². The molecule has 5 heteroatoms. The number of carbonyl (C=O) groups excluding carboxylic acids is 1. The van der Waals surface area contributed by atoms with Gasteiger partial charge in [0.2, 0.25) is 0 Å². The third kappa shape index (κ3) is 4.31. The highest BCUT2D eigenvalue weighted by atomic mass is 16.6. The second-order valence-corrected chi connectivity index (χ2v) is 11.1. The zero-order valence-electron chi connectivity index (χ0n) is 21.2. The topological polar surface area (TPSA) is 50.8 Å². The van der Waals surface area contributed by atoms with Crippen LogP contribution < -0.4 is 10.1 Å². The summed E-state index contributed by atoms with van der Waals surface area (Å²) in [5.74, 6) is 1.50. The Morgan fingerprint density at radius 3 is 2.41 bits per heavy atom. The maximum atomic E-state index is 12.9. The average Bonchev–Trinajstić information content (AvgIpc) is 3.05. The maximum absolute atomic E-state index is 12.9. The lowest BCUT2D eigenvalue weighted by atomic mass is 9.85. The van der Waals surface area contributed by atoms with Gasteiger partial charge in [-0.05, 0) is 110 Å². The van der Waals surface area contributed by atoms with Crippen LogP contribution in [-0.2, 0) is 11.2 Å². The lowest BCUT2D eigenvalue weighted by molar-refractivity contribution is -0.0348. The fraction of sp³-hybridized carbons (Fsp3) is 0.552. The molecule has 3 aliphatic heterocycles. The van der Waals surface area contributed by atoms with Crippen LogP contribution in [0.2, 0.25) is 0 Å². The Hall–Kier alpha value is -2.53. The van der Waals surface area contributed by atoms with Crippen molar-refractivity contribution in [3.05, 3.63) is 52.6 Å². The zero-order chi connectivity index (χ0) is 24.0. The third-order valence-electron chi connectivity index (χ3n) is 8.08. The van der Waals surface area contributed by atoms with E-state index in [9.17, 15) is 4.79 Å². The molecule has 4 aliphatic rings. The summed E-state index contributed by atoms with van der Waals surface area (Å²) in [5, 5.41) is 3.23. The number of aryl methyl sites for hydroxylation is 2. The van der Waals surface area contributed by atoms with Gasteiger partial charge in [-0.3, -0.25) is 4.90 Å². The summed E-state index contributed by atoms with van der Waals surface area (Å²) in [4.78, 5) is 15.3. The molecule has 3 heterocycles. The quantitative estimate of drug-likeness (QED) is 0.609. The van der Waals surface area contributed by atoms with E-state index in [0.717, 1.165) is 55.8 Å². The first-order valence-corrected chi connectivity index (χ1v) is 12.8. The molecule has 0 unspecified atom stereocenters. The smallest absolute Gasteiger partial charge is 0.407 e. The zero-order valence-corrected chi connectivity index (χ0v) is 21.2. The van der Waals surface area contributed by atoms with Crippen LogP contribution in [0, 0.1) is 25.2 Å². The van der Waals surface area contributed by atoms with E-state index in [0.29, 0.717) is 12.5 Å². The van der Waals surface area contributed by atoms with E-state index >= 15 is 0 Å². The fourth-order valence-corrected chi connectivity index (χ4v) is 6.33. The van der Waals surface area contributed by atoms with Gasteiger partial charge >= 0.3 is 6.09 Å². The van der Waals surface area contributed by atoms with Gasteiger partial charge in [-0.2, -0.15) is 0 Å². The molecule has 0 radical (unpaired) electrons. The van der Waals surface area contributed by atoms with Crippen molar-refractivity contribution in [2.24, 2.45) is 11.3 Å². The van der Waals surface area contributed by atoms with E-state index in [2.05, 4.69) is 68.2 Å². The highest BCUT2D eigenvalue weighted by Crippen LogP contribution is 2.46. The number of carbonyl (C=O) groups is 1. The van der Waals surface area contributed by atoms with Gasteiger partial charge in [0.1, 0.15) is 11.9 Å².